The minimum absolute atomic E-state index is 0.0602. The van der Waals surface area contributed by atoms with Crippen LogP contribution in [-0.4, -0.2) is 30.9 Å². The number of halogens is 6. The molecule has 0 unspecified atom stereocenters. The number of nitrogens with one attached hydrogen (secondary N) is 2. The van der Waals surface area contributed by atoms with E-state index in [4.69, 9.17) is 34.8 Å². The molecule has 2 N–H and O–H groups in total. The van der Waals surface area contributed by atoms with Gasteiger partial charge in [-0.2, -0.15) is 13.2 Å². The largest absolute Gasteiger partial charge is 0.454 e. The fourth-order valence-corrected chi connectivity index (χ4v) is 2.90. The molecule has 0 aliphatic heterocycles. The van der Waals surface area contributed by atoms with Crippen LogP contribution < -0.4 is 10.6 Å². The second kappa shape index (κ2) is 10.0. The number of carbonyl (C=O) groups excluding carboxylic acids is 3. The van der Waals surface area contributed by atoms with Crippen LogP contribution in [0.4, 0.5) is 18.9 Å². The Labute approximate surface area is 183 Å². The zero-order chi connectivity index (χ0) is 22.5. The highest BCUT2D eigenvalue weighted by molar-refractivity contribution is 6.36. The number of ether oxygens (including phenoxy) is 1. The minimum Gasteiger partial charge on any atom is -0.454 e. The molecule has 0 saturated carbocycles. The number of hydrogen-bond acceptors (Lipinski definition) is 4. The number of anilines is 1. The molecule has 2 amide bonds. The molecule has 0 fully saturated rings. The fourth-order valence-electron chi connectivity index (χ4n) is 2.18. The molecular weight excluding hydrogens is 472 g/mol. The molecule has 0 radical (unpaired) electrons. The van der Waals surface area contributed by atoms with E-state index in [1.165, 1.54) is 18.2 Å². The Morgan fingerprint density at radius 3 is 2.33 bits per heavy atom. The lowest BCUT2D eigenvalue weighted by Gasteiger charge is -2.15. The van der Waals surface area contributed by atoms with Crippen molar-refractivity contribution in [2.45, 2.75) is 6.18 Å². The maximum Gasteiger partial charge on any atom is 0.418 e. The van der Waals surface area contributed by atoms with Gasteiger partial charge in [0.2, 0.25) is 0 Å². The van der Waals surface area contributed by atoms with E-state index in [9.17, 15) is 27.6 Å². The van der Waals surface area contributed by atoms with E-state index < -0.39 is 48.4 Å². The topological polar surface area (TPSA) is 84.5 Å². The van der Waals surface area contributed by atoms with Gasteiger partial charge in [0.25, 0.3) is 11.8 Å². The van der Waals surface area contributed by atoms with E-state index in [1.807, 2.05) is 5.32 Å². The first-order valence-corrected chi connectivity index (χ1v) is 9.17. The van der Waals surface area contributed by atoms with Crippen molar-refractivity contribution in [2.75, 3.05) is 18.5 Å². The van der Waals surface area contributed by atoms with Crippen LogP contribution in [0.1, 0.15) is 15.9 Å². The second-order valence-electron chi connectivity index (χ2n) is 5.68. The SMILES string of the molecule is O=C(COC(=O)CNC(=O)c1ccc(Cl)cc1Cl)Nc1c(Cl)cccc1C(F)(F)F. The van der Waals surface area contributed by atoms with E-state index in [1.54, 1.807) is 0 Å². The van der Waals surface area contributed by atoms with Gasteiger partial charge in [-0.25, -0.2) is 0 Å². The summed E-state index contributed by atoms with van der Waals surface area (Å²) >= 11 is 17.3. The Kier molecular flexibility index (Phi) is 7.94. The standard InChI is InChI=1S/C18H12Cl3F3N2O4/c19-9-4-5-10(13(21)6-9)17(29)25-7-15(28)30-8-14(27)26-16-11(18(22,23)24)2-1-3-12(16)20/h1-6H,7-8H2,(H,25,29)(H,26,27). The van der Waals surface area contributed by atoms with E-state index in [2.05, 4.69) is 10.1 Å². The molecule has 0 heterocycles. The quantitative estimate of drug-likeness (QED) is 0.589. The molecule has 160 valence electrons. The summed E-state index contributed by atoms with van der Waals surface area (Å²) in [7, 11) is 0. The van der Waals surface area contributed by atoms with Crippen LogP contribution in [0.3, 0.4) is 0 Å². The summed E-state index contributed by atoms with van der Waals surface area (Å²) in [6.45, 7) is -1.50. The average molecular weight is 484 g/mol. The van der Waals surface area contributed by atoms with Crippen molar-refractivity contribution >= 4 is 58.3 Å². The third kappa shape index (κ3) is 6.51. The molecule has 0 spiro atoms. The summed E-state index contributed by atoms with van der Waals surface area (Å²) in [5.41, 5.74) is -1.75. The van der Waals surface area contributed by atoms with Crippen molar-refractivity contribution in [1.82, 2.24) is 5.32 Å². The predicted octanol–water partition coefficient (Wildman–Crippen LogP) is 4.58. The molecule has 0 saturated heterocycles. The summed E-state index contributed by atoms with van der Waals surface area (Å²) in [4.78, 5) is 35.5. The van der Waals surface area contributed by atoms with Crippen LogP contribution in [-0.2, 0) is 20.5 Å². The lowest BCUT2D eigenvalue weighted by molar-refractivity contribution is -0.146. The maximum atomic E-state index is 13.0. The van der Waals surface area contributed by atoms with Crippen molar-refractivity contribution in [3.63, 3.8) is 0 Å². The van der Waals surface area contributed by atoms with E-state index in [0.29, 0.717) is 5.02 Å². The van der Waals surface area contributed by atoms with Gasteiger partial charge in [-0.05, 0) is 30.3 Å². The van der Waals surface area contributed by atoms with Crippen LogP contribution in [0.25, 0.3) is 0 Å². The molecule has 6 nitrogen and oxygen atoms in total. The van der Waals surface area contributed by atoms with Crippen molar-refractivity contribution < 1.29 is 32.3 Å². The van der Waals surface area contributed by atoms with Crippen LogP contribution in [0.5, 0.6) is 0 Å². The Bertz CT molecular complexity index is 984. The van der Waals surface area contributed by atoms with Crippen molar-refractivity contribution in [2.24, 2.45) is 0 Å². The Hall–Kier alpha value is -2.49. The summed E-state index contributed by atoms with van der Waals surface area (Å²) in [5, 5.41) is 4.23. The normalized spacial score (nSPS) is 11.0. The molecule has 0 bridgehead atoms. The molecule has 2 aromatic carbocycles. The van der Waals surface area contributed by atoms with Gasteiger partial charge in [0.15, 0.2) is 6.61 Å². The minimum atomic E-state index is -4.75. The fraction of sp³-hybridized carbons (Fsp3) is 0.167. The Balaban J connectivity index is 1.88. The van der Waals surface area contributed by atoms with Crippen molar-refractivity contribution in [3.8, 4) is 0 Å². The highest BCUT2D eigenvalue weighted by atomic mass is 35.5. The summed E-state index contributed by atoms with van der Waals surface area (Å²) < 4.78 is 43.7. The molecule has 0 aliphatic carbocycles. The molecule has 0 atom stereocenters. The number of para-hydroxylation sites is 1. The zero-order valence-corrected chi connectivity index (χ0v) is 17.0. The average Bonchev–Trinajstić information content (AvgIpc) is 2.65. The van der Waals surface area contributed by atoms with E-state index >= 15 is 0 Å². The molecule has 0 aromatic heterocycles. The third-order valence-corrected chi connectivity index (χ3v) is 4.38. The summed E-state index contributed by atoms with van der Waals surface area (Å²) in [5.74, 6) is -2.74. The predicted molar refractivity (Wildman–Crippen MR) is 105 cm³/mol. The number of hydrogen-bond donors (Lipinski definition) is 2. The first-order chi connectivity index (χ1) is 14.0. The molecule has 30 heavy (non-hydrogen) atoms. The highest BCUT2D eigenvalue weighted by Crippen LogP contribution is 2.38. The van der Waals surface area contributed by atoms with Gasteiger partial charge in [0.1, 0.15) is 6.54 Å². The van der Waals surface area contributed by atoms with Crippen LogP contribution in [0.15, 0.2) is 36.4 Å². The van der Waals surface area contributed by atoms with Crippen LogP contribution in [0, 0.1) is 0 Å². The van der Waals surface area contributed by atoms with Gasteiger partial charge in [-0.15, -0.1) is 0 Å². The summed E-state index contributed by atoms with van der Waals surface area (Å²) in [6.07, 6.45) is -4.75. The number of amides is 2. The lowest BCUT2D eigenvalue weighted by atomic mass is 10.1. The smallest absolute Gasteiger partial charge is 0.418 e. The van der Waals surface area contributed by atoms with Gasteiger partial charge >= 0.3 is 12.1 Å². The first kappa shape index (κ1) is 23.8. The number of alkyl halides is 3. The lowest BCUT2D eigenvalue weighted by Crippen LogP contribution is -2.32. The van der Waals surface area contributed by atoms with Gasteiger partial charge in [-0.3, -0.25) is 14.4 Å². The molecule has 2 aromatic rings. The zero-order valence-electron chi connectivity index (χ0n) is 14.8. The van der Waals surface area contributed by atoms with Gasteiger partial charge < -0.3 is 15.4 Å². The third-order valence-electron chi connectivity index (χ3n) is 3.52. The van der Waals surface area contributed by atoms with E-state index in [-0.39, 0.29) is 15.6 Å². The number of benzene rings is 2. The number of esters is 1. The van der Waals surface area contributed by atoms with Crippen LogP contribution >= 0.6 is 34.8 Å². The van der Waals surface area contributed by atoms with Crippen molar-refractivity contribution in [3.05, 3.63) is 62.6 Å². The van der Waals surface area contributed by atoms with Crippen molar-refractivity contribution in [1.29, 1.82) is 0 Å². The Morgan fingerprint density at radius 1 is 1.00 bits per heavy atom. The van der Waals surface area contributed by atoms with Gasteiger partial charge in [0.05, 0.1) is 26.9 Å². The maximum absolute atomic E-state index is 13.0. The number of carbonyl (C=O) groups is 3. The molecule has 12 heteroatoms. The van der Waals surface area contributed by atoms with Gasteiger partial charge in [0, 0.05) is 5.02 Å². The first-order valence-electron chi connectivity index (χ1n) is 8.03. The van der Waals surface area contributed by atoms with Crippen LogP contribution in [0.2, 0.25) is 15.1 Å². The van der Waals surface area contributed by atoms with E-state index in [0.717, 1.165) is 18.2 Å². The molecular formula is C18H12Cl3F3N2O4. The monoisotopic (exact) mass is 482 g/mol. The molecule has 2 rings (SSSR count). The second-order valence-corrected chi connectivity index (χ2v) is 6.93. The number of rotatable bonds is 6. The summed E-state index contributed by atoms with van der Waals surface area (Å²) in [6, 6.07) is 7.09. The Morgan fingerprint density at radius 2 is 1.70 bits per heavy atom. The molecule has 0 aliphatic rings. The highest BCUT2D eigenvalue weighted by Gasteiger charge is 2.34. The van der Waals surface area contributed by atoms with Gasteiger partial charge in [-0.1, -0.05) is 40.9 Å².